The summed E-state index contributed by atoms with van der Waals surface area (Å²) in [5.41, 5.74) is -0.303. The van der Waals surface area contributed by atoms with E-state index in [2.05, 4.69) is 0 Å². The minimum Gasteiger partial charge on any atom is -0.449 e. The van der Waals surface area contributed by atoms with Gasteiger partial charge in [-0.25, -0.2) is 0 Å². The summed E-state index contributed by atoms with van der Waals surface area (Å²) >= 11 is 0. The molecular weight excluding hydrogens is 268 g/mol. The molecule has 0 amide bonds. The predicted octanol–water partition coefficient (Wildman–Crippen LogP) is 3.40. The molecule has 2 aromatic rings. The van der Waals surface area contributed by atoms with Gasteiger partial charge in [0.25, 0.3) is 11.4 Å². The van der Waals surface area contributed by atoms with E-state index in [1.54, 1.807) is 0 Å². The van der Waals surface area contributed by atoms with Crippen molar-refractivity contribution in [1.29, 1.82) is 0 Å². The van der Waals surface area contributed by atoms with Crippen LogP contribution in [-0.2, 0) is 0 Å². The second-order valence-corrected chi connectivity index (χ2v) is 3.98. The van der Waals surface area contributed by atoms with Gasteiger partial charge >= 0.3 is 0 Å². The van der Waals surface area contributed by atoms with Crippen LogP contribution >= 0.6 is 0 Å². The van der Waals surface area contributed by atoms with Crippen LogP contribution in [0.5, 0.6) is 23.0 Å². The van der Waals surface area contributed by atoms with Gasteiger partial charge in [-0.05, 0) is 12.1 Å². The first-order valence-electron chi connectivity index (χ1n) is 5.47. The molecule has 0 N–H and O–H groups in total. The number of ether oxygens (including phenoxy) is 2. The van der Waals surface area contributed by atoms with Crippen molar-refractivity contribution in [1.82, 2.24) is 0 Å². The van der Waals surface area contributed by atoms with Crippen LogP contribution in [0.15, 0.2) is 36.4 Å². The Morgan fingerprint density at radius 3 is 1.50 bits per heavy atom. The van der Waals surface area contributed by atoms with Crippen molar-refractivity contribution in [3.05, 3.63) is 56.6 Å². The van der Waals surface area contributed by atoms with Crippen LogP contribution < -0.4 is 9.47 Å². The van der Waals surface area contributed by atoms with E-state index < -0.39 is 9.85 Å². The van der Waals surface area contributed by atoms with E-state index in [0.717, 1.165) is 0 Å². The molecule has 0 saturated heterocycles. The molecule has 2 aromatic carbocycles. The summed E-state index contributed by atoms with van der Waals surface area (Å²) in [4.78, 5) is 20.3. The van der Waals surface area contributed by atoms with Gasteiger partial charge < -0.3 is 9.47 Å². The van der Waals surface area contributed by atoms with E-state index in [1.807, 2.05) is 0 Å². The molecule has 1 aliphatic rings. The number of fused-ring (bicyclic) bond motifs is 2. The molecule has 100 valence electrons. The molecule has 0 unspecified atom stereocenters. The van der Waals surface area contributed by atoms with E-state index in [1.165, 1.54) is 36.4 Å². The first-order chi connectivity index (χ1) is 9.54. The van der Waals surface area contributed by atoms with Crippen LogP contribution in [0.1, 0.15) is 0 Å². The largest absolute Gasteiger partial charge is 0.449 e. The molecule has 8 heteroatoms. The summed E-state index contributed by atoms with van der Waals surface area (Å²) in [6.07, 6.45) is 0. The molecular formula is C12H6N2O6. The highest BCUT2D eigenvalue weighted by molar-refractivity contribution is 5.59. The zero-order chi connectivity index (χ0) is 14.3. The second-order valence-electron chi connectivity index (χ2n) is 3.98. The van der Waals surface area contributed by atoms with Crippen LogP contribution in [0.25, 0.3) is 0 Å². The van der Waals surface area contributed by atoms with Gasteiger partial charge in [-0.3, -0.25) is 20.2 Å². The fourth-order valence-electron chi connectivity index (χ4n) is 1.79. The number of hydrogen-bond acceptors (Lipinski definition) is 6. The predicted molar refractivity (Wildman–Crippen MR) is 66.3 cm³/mol. The number of nitrogens with zero attached hydrogens (tertiary/aromatic N) is 2. The molecule has 1 heterocycles. The van der Waals surface area contributed by atoms with Gasteiger partial charge in [-0.1, -0.05) is 0 Å². The van der Waals surface area contributed by atoms with Crippen LogP contribution in [0.3, 0.4) is 0 Å². The molecule has 0 atom stereocenters. The van der Waals surface area contributed by atoms with Crippen molar-refractivity contribution in [2.75, 3.05) is 0 Å². The fraction of sp³-hybridized carbons (Fsp3) is 0. The fourth-order valence-corrected chi connectivity index (χ4v) is 1.79. The maximum absolute atomic E-state index is 10.7. The van der Waals surface area contributed by atoms with Gasteiger partial charge in [-0.2, -0.15) is 0 Å². The number of nitro groups is 2. The molecule has 0 spiro atoms. The van der Waals surface area contributed by atoms with E-state index >= 15 is 0 Å². The van der Waals surface area contributed by atoms with Crippen molar-refractivity contribution < 1.29 is 19.3 Å². The molecule has 0 aliphatic carbocycles. The Morgan fingerprint density at radius 2 is 1.10 bits per heavy atom. The van der Waals surface area contributed by atoms with Gasteiger partial charge in [0.15, 0.2) is 23.0 Å². The molecule has 0 saturated carbocycles. The molecule has 0 bridgehead atoms. The SMILES string of the molecule is O=[N+]([O-])c1ccc2c(c1)Oc1cc([N+](=O)[O-])ccc1O2. The van der Waals surface area contributed by atoms with Gasteiger partial charge in [0.1, 0.15) is 0 Å². The number of non-ortho nitro benzene ring substituents is 2. The lowest BCUT2D eigenvalue weighted by atomic mass is 10.2. The number of nitro benzene ring substituents is 2. The van der Waals surface area contributed by atoms with Crippen LogP contribution in [0.4, 0.5) is 11.4 Å². The first-order valence-corrected chi connectivity index (χ1v) is 5.47. The maximum atomic E-state index is 10.7. The van der Waals surface area contributed by atoms with E-state index in [0.29, 0.717) is 11.5 Å². The number of hydrogen-bond donors (Lipinski definition) is 0. The van der Waals surface area contributed by atoms with Crippen LogP contribution in [-0.4, -0.2) is 9.85 Å². The molecule has 0 aromatic heterocycles. The average Bonchev–Trinajstić information content (AvgIpc) is 2.43. The Balaban J connectivity index is 2.03. The Kier molecular flexibility index (Phi) is 2.50. The third kappa shape index (κ3) is 1.88. The van der Waals surface area contributed by atoms with Crippen molar-refractivity contribution in [2.45, 2.75) is 0 Å². The molecule has 20 heavy (non-hydrogen) atoms. The van der Waals surface area contributed by atoms with E-state index in [9.17, 15) is 20.2 Å². The third-order valence-electron chi connectivity index (χ3n) is 2.72. The molecule has 3 rings (SSSR count). The minimum absolute atomic E-state index is 0.146. The quantitative estimate of drug-likeness (QED) is 0.523. The van der Waals surface area contributed by atoms with Gasteiger partial charge in [0.2, 0.25) is 0 Å². The molecule has 1 aliphatic heterocycles. The normalized spacial score (nSPS) is 11.6. The van der Waals surface area contributed by atoms with Crippen molar-refractivity contribution >= 4 is 11.4 Å². The smallest absolute Gasteiger partial charge is 0.273 e. The topological polar surface area (TPSA) is 105 Å². The molecule has 8 nitrogen and oxygen atoms in total. The van der Waals surface area contributed by atoms with Gasteiger partial charge in [-0.15, -0.1) is 0 Å². The standard InChI is InChI=1S/C12H6N2O6/c15-13(16)7-1-3-9-11(5-7)20-12-6-8(14(17)18)2-4-10(12)19-9/h1-6H. The van der Waals surface area contributed by atoms with Crippen LogP contribution in [0.2, 0.25) is 0 Å². The summed E-state index contributed by atoms with van der Waals surface area (Å²) < 4.78 is 10.9. The summed E-state index contributed by atoms with van der Waals surface area (Å²) in [7, 11) is 0. The van der Waals surface area contributed by atoms with E-state index in [4.69, 9.17) is 9.47 Å². The lowest BCUT2D eigenvalue weighted by Gasteiger charge is -2.19. The molecule has 0 fully saturated rings. The average molecular weight is 274 g/mol. The van der Waals surface area contributed by atoms with Crippen molar-refractivity contribution in [2.24, 2.45) is 0 Å². The number of rotatable bonds is 2. The minimum atomic E-state index is -0.563. The zero-order valence-electron chi connectivity index (χ0n) is 9.81. The lowest BCUT2D eigenvalue weighted by Crippen LogP contribution is -2.00. The Hall–Kier alpha value is -3.16. The summed E-state index contributed by atoms with van der Waals surface area (Å²) in [6, 6.07) is 7.82. The number of benzene rings is 2. The Morgan fingerprint density at radius 1 is 0.700 bits per heavy atom. The highest BCUT2D eigenvalue weighted by atomic mass is 16.6. The summed E-state index contributed by atoms with van der Waals surface area (Å²) in [6.45, 7) is 0. The van der Waals surface area contributed by atoms with Gasteiger partial charge in [0.05, 0.1) is 22.0 Å². The molecule has 0 radical (unpaired) electrons. The highest BCUT2D eigenvalue weighted by Gasteiger charge is 2.23. The first kappa shape index (κ1) is 11.9. The van der Waals surface area contributed by atoms with Gasteiger partial charge in [0, 0.05) is 12.1 Å². The lowest BCUT2D eigenvalue weighted by molar-refractivity contribution is -0.385. The van der Waals surface area contributed by atoms with E-state index in [-0.39, 0.29) is 22.9 Å². The summed E-state index contributed by atoms with van der Waals surface area (Å²) in [5, 5.41) is 21.4. The van der Waals surface area contributed by atoms with Crippen LogP contribution in [0, 0.1) is 20.2 Å². The highest BCUT2D eigenvalue weighted by Crippen LogP contribution is 2.47. The maximum Gasteiger partial charge on any atom is 0.273 e. The van der Waals surface area contributed by atoms with Crippen molar-refractivity contribution in [3.8, 4) is 23.0 Å². The van der Waals surface area contributed by atoms with Crippen molar-refractivity contribution in [3.63, 3.8) is 0 Å². The zero-order valence-corrected chi connectivity index (χ0v) is 9.81. The monoisotopic (exact) mass is 274 g/mol. The third-order valence-corrected chi connectivity index (χ3v) is 2.72. The summed E-state index contributed by atoms with van der Waals surface area (Å²) in [5.74, 6) is 0.924. The second kappa shape index (κ2) is 4.19. The Bertz CT molecular complexity index is 681. The Labute approximate surface area is 111 Å².